The fourth-order valence-electron chi connectivity index (χ4n) is 2.44. The normalized spacial score (nSPS) is 19.3. The predicted octanol–water partition coefficient (Wildman–Crippen LogP) is 0.917. The highest BCUT2D eigenvalue weighted by atomic mass is 16.1. The van der Waals surface area contributed by atoms with Gasteiger partial charge in [-0.25, -0.2) is 0 Å². The topological polar surface area (TPSA) is 44.4 Å². The molecule has 4 heteroatoms. The Morgan fingerprint density at radius 3 is 2.53 bits per heavy atom. The molecule has 0 radical (unpaired) electrons. The Balaban J connectivity index is 1.56. The van der Waals surface area contributed by atoms with Crippen LogP contribution in [0.3, 0.4) is 0 Å². The van der Waals surface area contributed by atoms with Gasteiger partial charge in [0.2, 0.25) is 5.91 Å². The zero-order valence-corrected chi connectivity index (χ0v) is 11.2. The molecule has 19 heavy (non-hydrogen) atoms. The van der Waals surface area contributed by atoms with E-state index in [1.54, 1.807) is 0 Å². The van der Waals surface area contributed by atoms with Gasteiger partial charge in [0, 0.05) is 37.9 Å². The van der Waals surface area contributed by atoms with Gasteiger partial charge < -0.3 is 15.5 Å². The summed E-state index contributed by atoms with van der Waals surface area (Å²) < 4.78 is 0. The number of carbonyl (C=O) groups is 1. The Morgan fingerprint density at radius 1 is 1.21 bits per heavy atom. The van der Waals surface area contributed by atoms with Gasteiger partial charge in [-0.05, 0) is 30.5 Å². The van der Waals surface area contributed by atoms with E-state index in [4.69, 9.17) is 0 Å². The van der Waals surface area contributed by atoms with Gasteiger partial charge in [0.25, 0.3) is 0 Å². The fraction of sp³-hybridized carbons (Fsp3) is 0.533. The number of hydrogen-bond acceptors (Lipinski definition) is 3. The number of benzene rings is 1. The number of rotatable bonds is 4. The number of anilines is 1. The number of carbonyl (C=O) groups excluding carboxylic acids is 1. The van der Waals surface area contributed by atoms with Gasteiger partial charge in [-0.3, -0.25) is 4.79 Å². The van der Waals surface area contributed by atoms with E-state index < -0.39 is 0 Å². The van der Waals surface area contributed by atoms with Crippen LogP contribution < -0.4 is 15.5 Å². The zero-order chi connectivity index (χ0) is 13.1. The van der Waals surface area contributed by atoms with Crippen LogP contribution in [-0.2, 0) is 11.2 Å². The van der Waals surface area contributed by atoms with Crippen LogP contribution in [0.5, 0.6) is 0 Å². The average Bonchev–Trinajstić information content (AvgIpc) is 3.24. The van der Waals surface area contributed by atoms with Crippen molar-refractivity contribution in [1.82, 2.24) is 10.6 Å². The van der Waals surface area contributed by atoms with E-state index in [1.807, 2.05) is 0 Å². The molecule has 0 bridgehead atoms. The monoisotopic (exact) mass is 259 g/mol. The maximum absolute atomic E-state index is 11.7. The highest BCUT2D eigenvalue weighted by Gasteiger charge is 2.23. The summed E-state index contributed by atoms with van der Waals surface area (Å²) in [5.74, 6) is 0.150. The molecule has 1 aliphatic heterocycles. The van der Waals surface area contributed by atoms with E-state index in [-0.39, 0.29) is 5.91 Å². The van der Waals surface area contributed by atoms with Crippen molar-refractivity contribution in [2.24, 2.45) is 0 Å². The number of nitrogens with zero attached hydrogens (tertiary/aromatic N) is 1. The molecule has 1 aromatic rings. The minimum absolute atomic E-state index is 0.150. The third-order valence-corrected chi connectivity index (χ3v) is 3.73. The molecule has 102 valence electrons. The van der Waals surface area contributed by atoms with Gasteiger partial charge in [0.1, 0.15) is 0 Å². The molecule has 1 aliphatic carbocycles. The van der Waals surface area contributed by atoms with Crippen LogP contribution >= 0.6 is 0 Å². The maximum atomic E-state index is 11.7. The van der Waals surface area contributed by atoms with Crippen molar-refractivity contribution in [2.45, 2.75) is 25.3 Å². The molecule has 2 aliphatic rings. The lowest BCUT2D eigenvalue weighted by Gasteiger charge is -2.29. The summed E-state index contributed by atoms with van der Waals surface area (Å²) in [6.07, 6.45) is 2.79. The van der Waals surface area contributed by atoms with Crippen LogP contribution in [0.15, 0.2) is 24.3 Å². The lowest BCUT2D eigenvalue weighted by atomic mass is 10.1. The molecule has 1 heterocycles. The first-order valence-electron chi connectivity index (χ1n) is 7.15. The van der Waals surface area contributed by atoms with Crippen LogP contribution in [0.1, 0.15) is 18.4 Å². The summed E-state index contributed by atoms with van der Waals surface area (Å²) in [5, 5.41) is 6.37. The van der Waals surface area contributed by atoms with Gasteiger partial charge in [0.05, 0.1) is 6.42 Å². The van der Waals surface area contributed by atoms with Crippen molar-refractivity contribution in [1.29, 1.82) is 0 Å². The molecule has 2 fully saturated rings. The Bertz CT molecular complexity index is 433. The number of nitrogens with one attached hydrogen (secondary N) is 2. The van der Waals surface area contributed by atoms with Crippen molar-refractivity contribution in [3.05, 3.63) is 29.8 Å². The Morgan fingerprint density at radius 2 is 1.89 bits per heavy atom. The van der Waals surface area contributed by atoms with Gasteiger partial charge in [-0.2, -0.15) is 0 Å². The van der Waals surface area contributed by atoms with Crippen LogP contribution in [0, 0.1) is 0 Å². The fourth-order valence-corrected chi connectivity index (χ4v) is 2.44. The second kappa shape index (κ2) is 5.61. The zero-order valence-electron chi connectivity index (χ0n) is 11.2. The van der Waals surface area contributed by atoms with E-state index >= 15 is 0 Å². The summed E-state index contributed by atoms with van der Waals surface area (Å²) in [5.41, 5.74) is 2.35. The minimum Gasteiger partial charge on any atom is -0.369 e. The summed E-state index contributed by atoms with van der Waals surface area (Å²) in [7, 11) is 0. The molecule has 0 aromatic heterocycles. The minimum atomic E-state index is 0.150. The van der Waals surface area contributed by atoms with Crippen molar-refractivity contribution in [3.8, 4) is 0 Å². The average molecular weight is 259 g/mol. The predicted molar refractivity (Wildman–Crippen MR) is 76.4 cm³/mol. The molecule has 1 aromatic carbocycles. The standard InChI is InChI=1S/C15H21N3O/c19-15(17-13-3-4-13)11-12-1-5-14(6-2-12)18-9-7-16-8-10-18/h1-2,5-6,13,16H,3-4,7-11H2,(H,17,19). The van der Waals surface area contributed by atoms with Gasteiger partial charge in [0.15, 0.2) is 0 Å². The largest absolute Gasteiger partial charge is 0.369 e. The number of hydrogen-bond donors (Lipinski definition) is 2. The highest BCUT2D eigenvalue weighted by molar-refractivity contribution is 5.79. The summed E-state index contributed by atoms with van der Waals surface area (Å²) in [6.45, 7) is 4.21. The quantitative estimate of drug-likeness (QED) is 0.845. The van der Waals surface area contributed by atoms with Gasteiger partial charge in [-0.1, -0.05) is 12.1 Å². The van der Waals surface area contributed by atoms with Gasteiger partial charge >= 0.3 is 0 Å². The lowest BCUT2D eigenvalue weighted by Crippen LogP contribution is -2.43. The summed E-state index contributed by atoms with van der Waals surface area (Å²) in [6, 6.07) is 8.86. The molecular formula is C15H21N3O. The molecule has 0 spiro atoms. The lowest BCUT2D eigenvalue weighted by molar-refractivity contribution is -0.120. The first-order chi connectivity index (χ1) is 9.31. The van der Waals surface area contributed by atoms with E-state index in [2.05, 4.69) is 39.8 Å². The molecule has 1 saturated heterocycles. The van der Waals surface area contributed by atoms with Crippen molar-refractivity contribution < 1.29 is 4.79 Å². The molecule has 4 nitrogen and oxygen atoms in total. The summed E-state index contributed by atoms with van der Waals surface area (Å²) >= 11 is 0. The van der Waals surface area contributed by atoms with Gasteiger partial charge in [-0.15, -0.1) is 0 Å². The molecule has 3 rings (SSSR count). The highest BCUT2D eigenvalue weighted by Crippen LogP contribution is 2.19. The Hall–Kier alpha value is -1.55. The second-order valence-corrected chi connectivity index (χ2v) is 5.42. The van der Waals surface area contributed by atoms with Crippen molar-refractivity contribution in [3.63, 3.8) is 0 Å². The van der Waals surface area contributed by atoms with E-state index in [1.165, 1.54) is 5.69 Å². The van der Waals surface area contributed by atoms with Crippen molar-refractivity contribution in [2.75, 3.05) is 31.1 Å². The third-order valence-electron chi connectivity index (χ3n) is 3.73. The molecule has 1 saturated carbocycles. The van der Waals surface area contributed by atoms with E-state index in [0.29, 0.717) is 12.5 Å². The molecule has 0 unspecified atom stereocenters. The van der Waals surface area contributed by atoms with Crippen LogP contribution in [0.4, 0.5) is 5.69 Å². The number of amides is 1. The third kappa shape index (κ3) is 3.47. The smallest absolute Gasteiger partial charge is 0.224 e. The Labute approximate surface area is 114 Å². The van der Waals surface area contributed by atoms with Crippen LogP contribution in [0.25, 0.3) is 0 Å². The van der Waals surface area contributed by atoms with Crippen molar-refractivity contribution >= 4 is 11.6 Å². The molecular weight excluding hydrogens is 238 g/mol. The van der Waals surface area contributed by atoms with Crippen LogP contribution in [0.2, 0.25) is 0 Å². The first kappa shape index (κ1) is 12.5. The Kier molecular flexibility index (Phi) is 3.69. The summed E-state index contributed by atoms with van der Waals surface area (Å²) in [4.78, 5) is 14.1. The van der Waals surface area contributed by atoms with Crippen LogP contribution in [-0.4, -0.2) is 38.1 Å². The second-order valence-electron chi connectivity index (χ2n) is 5.42. The SMILES string of the molecule is O=C(Cc1ccc(N2CCNCC2)cc1)NC1CC1. The van der Waals surface area contributed by atoms with E-state index in [0.717, 1.165) is 44.6 Å². The maximum Gasteiger partial charge on any atom is 0.224 e. The molecule has 1 amide bonds. The first-order valence-corrected chi connectivity index (χ1v) is 7.15. The molecule has 0 atom stereocenters. The number of piperazine rings is 1. The van der Waals surface area contributed by atoms with E-state index in [9.17, 15) is 4.79 Å². The molecule has 2 N–H and O–H groups in total.